The van der Waals surface area contributed by atoms with Gasteiger partial charge in [0.1, 0.15) is 0 Å². The largest absolute Gasteiger partial charge is 0.417 e. The molecule has 0 heterocycles. The highest BCUT2D eigenvalue weighted by molar-refractivity contribution is 6.81. The minimum absolute atomic E-state index is 0.110. The van der Waals surface area contributed by atoms with Crippen LogP contribution in [-0.4, -0.2) is 8.07 Å². The number of hydrogen-bond donors (Lipinski definition) is 0. The van der Waals surface area contributed by atoms with Gasteiger partial charge < -0.3 is 0 Å². The first-order valence-electron chi connectivity index (χ1n) is 15.6. The summed E-state index contributed by atoms with van der Waals surface area (Å²) in [5.41, 5.74) is -3.00. The number of allylic oxidation sites excluding steroid dienone is 2. The van der Waals surface area contributed by atoms with Crippen molar-refractivity contribution in [1.82, 2.24) is 0 Å². The molecule has 2 aliphatic carbocycles. The van der Waals surface area contributed by atoms with E-state index in [0.717, 1.165) is 23.3 Å². The van der Waals surface area contributed by atoms with Crippen molar-refractivity contribution in [2.45, 2.75) is 62.7 Å². The maximum absolute atomic E-state index is 14.2. The molecular weight excluding hydrogens is 712 g/mol. The van der Waals surface area contributed by atoms with Crippen molar-refractivity contribution in [3.05, 3.63) is 128 Å². The topological polar surface area (TPSA) is 0 Å². The highest BCUT2D eigenvalue weighted by Crippen LogP contribution is 2.55. The first kappa shape index (κ1) is 36.5. The Balaban J connectivity index is 1.46. The van der Waals surface area contributed by atoms with E-state index in [1.165, 1.54) is 12.1 Å². The Kier molecular flexibility index (Phi) is 8.52. The van der Waals surface area contributed by atoms with Crippen molar-refractivity contribution in [3.63, 3.8) is 0 Å². The van der Waals surface area contributed by atoms with Gasteiger partial charge >= 0.3 is 24.7 Å². The molecule has 0 aromatic heterocycles. The van der Waals surface area contributed by atoms with Crippen molar-refractivity contribution in [2.24, 2.45) is 0 Å². The van der Waals surface area contributed by atoms with Gasteiger partial charge in [-0.15, -0.1) is 0 Å². The Hall–Kier alpha value is -4.26. The van der Waals surface area contributed by atoms with E-state index in [2.05, 4.69) is 13.1 Å². The first-order valence-corrected chi connectivity index (χ1v) is 18.8. The summed E-state index contributed by atoms with van der Waals surface area (Å²) in [5.74, 6) is 0. The van der Waals surface area contributed by atoms with Gasteiger partial charge in [0.15, 0.2) is 0 Å². The predicted molar refractivity (Wildman–Crippen MR) is 174 cm³/mol. The minimum atomic E-state index is -5.09. The third-order valence-corrected chi connectivity index (χ3v) is 14.4. The number of benzene rings is 4. The second-order valence-electron chi connectivity index (χ2n) is 13.6. The van der Waals surface area contributed by atoms with Crippen LogP contribution in [0.5, 0.6) is 0 Å². The summed E-state index contributed by atoms with van der Waals surface area (Å²) in [6, 6.07) is 12.6. The molecule has 0 N–H and O–H groups in total. The molecule has 0 amide bonds. The molecule has 0 bridgehead atoms. The van der Waals surface area contributed by atoms with Gasteiger partial charge in [-0.3, -0.25) is 0 Å². The Bertz CT molecular complexity index is 1960. The van der Waals surface area contributed by atoms with Crippen molar-refractivity contribution in [1.29, 1.82) is 0 Å². The molecule has 0 saturated carbocycles. The average Bonchev–Trinajstić information content (AvgIpc) is 3.54. The third kappa shape index (κ3) is 6.31. The van der Waals surface area contributed by atoms with Gasteiger partial charge in [-0.05, 0) is 82.6 Å². The van der Waals surface area contributed by atoms with Gasteiger partial charge in [0, 0.05) is 11.1 Å². The monoisotopic (exact) mass is 740 g/mol. The number of alkyl halides is 12. The Morgan fingerprint density at radius 1 is 0.451 bits per heavy atom. The van der Waals surface area contributed by atoms with Crippen molar-refractivity contribution in [3.8, 4) is 22.3 Å². The summed E-state index contributed by atoms with van der Waals surface area (Å²) in [7, 11) is -2.76. The van der Waals surface area contributed by atoms with Crippen LogP contribution in [-0.2, 0) is 24.7 Å². The van der Waals surface area contributed by atoms with Crippen molar-refractivity contribution >= 4 is 20.2 Å². The van der Waals surface area contributed by atoms with Gasteiger partial charge in [0.2, 0.25) is 0 Å². The van der Waals surface area contributed by atoms with E-state index < -0.39 is 66.2 Å². The van der Waals surface area contributed by atoms with Crippen LogP contribution in [0.1, 0.15) is 69.4 Å². The number of rotatable bonds is 4. The molecule has 51 heavy (non-hydrogen) atoms. The summed E-state index contributed by atoms with van der Waals surface area (Å²) in [5, 5.41) is 0. The van der Waals surface area contributed by atoms with Crippen molar-refractivity contribution in [2.75, 3.05) is 0 Å². The second-order valence-corrected chi connectivity index (χ2v) is 18.4. The SMILES string of the molecule is CC1=Cc2c(-c3ccc(C(F)(F)F)cc3C(F)(F)F)cccc2C1[Si](C)(C)C1C(C)=Cc2c(-c3ccc(C(F)(F)F)cc3C(F)(F)F)cccc21. The predicted octanol–water partition coefficient (Wildman–Crippen LogP) is 13.6. The zero-order valence-electron chi connectivity index (χ0n) is 27.3. The standard InChI is InChI=1S/C38H28F12Si/c1-19-15-29-23(25-13-11-21(35(39,40)41)17-31(25)37(45,46)47)7-5-9-27(29)33(19)51(3,4)34-20(2)16-30-24(8-6-10-28(30)34)26-14-12-22(36(42,43)44)18-32(26)38(48,49)50/h5-18,33-34H,1-4H3. The van der Waals surface area contributed by atoms with E-state index in [4.69, 9.17) is 0 Å². The van der Waals surface area contributed by atoms with Gasteiger partial charge in [-0.25, -0.2) is 0 Å². The van der Waals surface area contributed by atoms with E-state index in [1.54, 1.807) is 36.4 Å². The van der Waals surface area contributed by atoms with Crippen LogP contribution >= 0.6 is 0 Å². The number of hydrogen-bond acceptors (Lipinski definition) is 0. The lowest BCUT2D eigenvalue weighted by Gasteiger charge is -2.39. The normalized spacial score (nSPS) is 18.0. The lowest BCUT2D eigenvalue weighted by molar-refractivity contribution is -0.144. The Morgan fingerprint density at radius 3 is 1.12 bits per heavy atom. The summed E-state index contributed by atoms with van der Waals surface area (Å²) in [6.07, 6.45) is -16.7. The molecule has 4 aromatic carbocycles. The lowest BCUT2D eigenvalue weighted by Crippen LogP contribution is -2.42. The van der Waals surface area contributed by atoms with Crippen LogP contribution in [0.2, 0.25) is 13.1 Å². The maximum Gasteiger partial charge on any atom is 0.417 e. The molecule has 0 aliphatic heterocycles. The molecule has 2 atom stereocenters. The molecule has 2 aliphatic rings. The molecule has 268 valence electrons. The molecule has 13 heteroatoms. The molecule has 0 radical (unpaired) electrons. The molecular formula is C38H28F12Si. The summed E-state index contributed by atoms with van der Waals surface area (Å²) in [6.45, 7) is 7.76. The van der Waals surface area contributed by atoms with Crippen LogP contribution < -0.4 is 0 Å². The quantitative estimate of drug-likeness (QED) is 0.144. The fourth-order valence-electron chi connectivity index (χ4n) is 8.10. The molecule has 0 spiro atoms. The summed E-state index contributed by atoms with van der Waals surface area (Å²) < 4.78 is 166. The first-order chi connectivity index (χ1) is 23.4. The van der Waals surface area contributed by atoms with Crippen LogP contribution in [0.15, 0.2) is 83.9 Å². The van der Waals surface area contributed by atoms with Crippen molar-refractivity contribution < 1.29 is 52.7 Å². The van der Waals surface area contributed by atoms with E-state index in [-0.39, 0.29) is 34.3 Å². The van der Waals surface area contributed by atoms with E-state index >= 15 is 0 Å². The van der Waals surface area contributed by atoms with E-state index in [1.807, 2.05) is 13.8 Å². The van der Waals surface area contributed by atoms with Gasteiger partial charge in [-0.2, -0.15) is 52.7 Å². The van der Waals surface area contributed by atoms with E-state index in [9.17, 15) is 52.7 Å². The molecule has 6 rings (SSSR count). The summed E-state index contributed by atoms with van der Waals surface area (Å²) in [4.78, 5) is 0. The maximum atomic E-state index is 14.2. The van der Waals surface area contributed by atoms with Crippen LogP contribution in [0.25, 0.3) is 34.4 Å². The fraction of sp³-hybridized carbons (Fsp3) is 0.263. The van der Waals surface area contributed by atoms with Crippen LogP contribution in [0.3, 0.4) is 0 Å². The fourth-order valence-corrected chi connectivity index (χ4v) is 13.0. The zero-order chi connectivity index (χ0) is 37.6. The molecule has 0 saturated heterocycles. The number of halogens is 12. The van der Waals surface area contributed by atoms with Crippen LogP contribution in [0, 0.1) is 0 Å². The van der Waals surface area contributed by atoms with Gasteiger partial charge in [0.25, 0.3) is 0 Å². The molecule has 4 aromatic rings. The number of fused-ring (bicyclic) bond motifs is 2. The third-order valence-electron chi connectivity index (χ3n) is 9.93. The molecule has 0 fully saturated rings. The van der Waals surface area contributed by atoms with Gasteiger partial charge in [0.05, 0.1) is 30.3 Å². The highest BCUT2D eigenvalue weighted by atomic mass is 28.3. The smallest absolute Gasteiger partial charge is 0.166 e. The second kappa shape index (κ2) is 11.9. The summed E-state index contributed by atoms with van der Waals surface area (Å²) >= 11 is 0. The van der Waals surface area contributed by atoms with E-state index in [0.29, 0.717) is 34.4 Å². The molecule has 2 unspecified atom stereocenters. The average molecular weight is 741 g/mol. The zero-order valence-corrected chi connectivity index (χ0v) is 28.3. The molecule has 0 nitrogen and oxygen atoms in total. The Morgan fingerprint density at radius 2 is 0.804 bits per heavy atom. The lowest BCUT2D eigenvalue weighted by atomic mass is 9.92. The highest BCUT2D eigenvalue weighted by Gasteiger charge is 2.48. The minimum Gasteiger partial charge on any atom is -0.166 e. The van der Waals surface area contributed by atoms with Crippen LogP contribution in [0.4, 0.5) is 52.7 Å². The Labute approximate surface area is 286 Å². The van der Waals surface area contributed by atoms with Gasteiger partial charge in [-0.1, -0.05) is 84.9 Å².